The summed E-state index contributed by atoms with van der Waals surface area (Å²) in [6.45, 7) is 2.14. The van der Waals surface area contributed by atoms with Crippen molar-refractivity contribution < 1.29 is 0 Å². The molecule has 1 aliphatic carbocycles. The van der Waals surface area contributed by atoms with Gasteiger partial charge in [0.05, 0.1) is 11.2 Å². The van der Waals surface area contributed by atoms with Gasteiger partial charge in [0.1, 0.15) is 0 Å². The molecule has 9 aromatic rings. The topological polar surface area (TPSA) is 12.9 Å². The molecule has 10 rings (SSSR count). The molecule has 1 heterocycles. The van der Waals surface area contributed by atoms with Crippen molar-refractivity contribution in [3.05, 3.63) is 175 Å². The van der Waals surface area contributed by atoms with Gasteiger partial charge in [0.25, 0.3) is 0 Å². The molecule has 0 radical (unpaired) electrons. The summed E-state index contributed by atoms with van der Waals surface area (Å²) in [5, 5.41) is 6.21. The van der Waals surface area contributed by atoms with E-state index in [0.717, 1.165) is 27.7 Å². The second kappa shape index (κ2) is 10.9. The fourth-order valence-electron chi connectivity index (χ4n) is 8.09. The number of rotatable bonds is 4. The third-order valence-corrected chi connectivity index (χ3v) is 10.3. The van der Waals surface area contributed by atoms with Crippen LogP contribution in [0.5, 0.6) is 0 Å². The highest BCUT2D eigenvalue weighted by atomic mass is 14.7. The summed E-state index contributed by atoms with van der Waals surface area (Å²) in [7, 11) is 0. The first-order chi connectivity index (χ1) is 24.2. The number of hydrogen-bond donors (Lipinski definition) is 0. The molecule has 1 nitrogen and oxygen atoms in total. The Morgan fingerprint density at radius 1 is 0.367 bits per heavy atom. The molecular formula is C48H31N. The van der Waals surface area contributed by atoms with Gasteiger partial charge < -0.3 is 0 Å². The molecule has 8 aromatic carbocycles. The molecule has 0 bridgehead atoms. The predicted octanol–water partition coefficient (Wildman–Crippen LogP) is 13.2. The standard InChI is InChI=1S/C48H31N/c1-30-23-25-31(26-24-30)41-29-34-17-8-11-22-42(34)49-48(41)38-27-28-40-45-37(38)20-12-21-39(45)46-43(32-13-4-2-5-14-32)35-18-9-10-19-36(35)44(47(40)46)33-15-6-3-7-16-33/h2-29H,1H3. The van der Waals surface area contributed by atoms with E-state index >= 15 is 0 Å². The van der Waals surface area contributed by atoms with Crippen LogP contribution in [0.4, 0.5) is 0 Å². The fraction of sp³-hybridized carbons (Fsp3) is 0.0208. The minimum atomic E-state index is 1.00. The van der Waals surface area contributed by atoms with Gasteiger partial charge in [-0.25, -0.2) is 4.98 Å². The highest BCUT2D eigenvalue weighted by Crippen LogP contribution is 2.58. The van der Waals surface area contributed by atoms with Crippen molar-refractivity contribution in [2.24, 2.45) is 0 Å². The van der Waals surface area contributed by atoms with Gasteiger partial charge >= 0.3 is 0 Å². The summed E-state index contributed by atoms with van der Waals surface area (Å²) in [6, 6.07) is 61.9. The highest BCUT2D eigenvalue weighted by molar-refractivity contribution is 6.29. The molecule has 0 N–H and O–H groups in total. The molecule has 0 atom stereocenters. The van der Waals surface area contributed by atoms with Crippen molar-refractivity contribution in [3.63, 3.8) is 0 Å². The highest BCUT2D eigenvalue weighted by Gasteiger charge is 2.31. The Balaban J connectivity index is 1.34. The Hall–Kier alpha value is -6.31. The number of fused-ring (bicyclic) bond motifs is 5. The van der Waals surface area contributed by atoms with E-state index < -0.39 is 0 Å². The lowest BCUT2D eigenvalue weighted by Gasteiger charge is -2.20. The second-order valence-electron chi connectivity index (χ2n) is 13.1. The third kappa shape index (κ3) is 4.22. The van der Waals surface area contributed by atoms with E-state index in [1.54, 1.807) is 0 Å². The lowest BCUT2D eigenvalue weighted by molar-refractivity contribution is 1.40. The summed E-state index contributed by atoms with van der Waals surface area (Å²) in [5.74, 6) is 0. The maximum absolute atomic E-state index is 5.40. The van der Waals surface area contributed by atoms with Gasteiger partial charge in [-0.3, -0.25) is 0 Å². The molecule has 0 amide bonds. The number of aryl methyl sites for hydroxylation is 1. The molecule has 0 spiro atoms. The van der Waals surface area contributed by atoms with Crippen LogP contribution < -0.4 is 0 Å². The van der Waals surface area contributed by atoms with Crippen molar-refractivity contribution in [1.29, 1.82) is 0 Å². The molecule has 1 aromatic heterocycles. The summed E-state index contributed by atoms with van der Waals surface area (Å²) >= 11 is 0. The van der Waals surface area contributed by atoms with Crippen LogP contribution in [-0.4, -0.2) is 4.98 Å². The van der Waals surface area contributed by atoms with Crippen LogP contribution in [0.3, 0.4) is 0 Å². The van der Waals surface area contributed by atoms with Crippen LogP contribution in [0.2, 0.25) is 0 Å². The quantitative estimate of drug-likeness (QED) is 0.191. The average molecular weight is 622 g/mol. The zero-order valence-corrected chi connectivity index (χ0v) is 27.1. The first kappa shape index (κ1) is 27.8. The Labute approximate surface area is 285 Å². The number of benzene rings is 8. The fourth-order valence-corrected chi connectivity index (χ4v) is 8.09. The monoisotopic (exact) mass is 621 g/mol. The Kier molecular flexibility index (Phi) is 6.16. The van der Waals surface area contributed by atoms with E-state index in [1.165, 1.54) is 77.2 Å². The van der Waals surface area contributed by atoms with Gasteiger partial charge in [0.2, 0.25) is 0 Å². The van der Waals surface area contributed by atoms with E-state index in [9.17, 15) is 0 Å². The molecule has 0 saturated heterocycles. The molecule has 1 heteroatoms. The minimum Gasteiger partial charge on any atom is -0.247 e. The second-order valence-corrected chi connectivity index (χ2v) is 13.1. The minimum absolute atomic E-state index is 1.00. The van der Waals surface area contributed by atoms with Gasteiger partial charge in [0.15, 0.2) is 0 Å². The molecule has 0 unspecified atom stereocenters. The van der Waals surface area contributed by atoms with Crippen LogP contribution in [0.25, 0.3) is 99.3 Å². The number of aromatic nitrogens is 1. The van der Waals surface area contributed by atoms with Gasteiger partial charge in [0, 0.05) is 16.5 Å². The first-order valence-electron chi connectivity index (χ1n) is 17.0. The largest absolute Gasteiger partial charge is 0.247 e. The molecule has 0 saturated carbocycles. The molecule has 49 heavy (non-hydrogen) atoms. The summed E-state index contributed by atoms with van der Waals surface area (Å²) in [5.41, 5.74) is 17.0. The molecule has 228 valence electrons. The van der Waals surface area contributed by atoms with E-state index in [0.29, 0.717) is 0 Å². The molecule has 0 aliphatic heterocycles. The number of nitrogens with zero attached hydrogens (tertiary/aromatic N) is 1. The van der Waals surface area contributed by atoms with Crippen molar-refractivity contribution in [1.82, 2.24) is 4.98 Å². The number of para-hydroxylation sites is 1. The SMILES string of the molecule is Cc1ccc(-c2cc3ccccc3nc2-c2ccc3c4c(cccc24)-c2c-3c(-c3ccccc3)c3ccccc3c2-c2ccccc2)cc1. The van der Waals surface area contributed by atoms with Crippen molar-refractivity contribution in [3.8, 4) is 66.9 Å². The summed E-state index contributed by atoms with van der Waals surface area (Å²) in [6.07, 6.45) is 0. The average Bonchev–Trinajstić information content (AvgIpc) is 3.49. The van der Waals surface area contributed by atoms with Crippen molar-refractivity contribution in [2.75, 3.05) is 0 Å². The number of hydrogen-bond acceptors (Lipinski definition) is 1. The predicted molar refractivity (Wildman–Crippen MR) is 208 cm³/mol. The van der Waals surface area contributed by atoms with Crippen LogP contribution >= 0.6 is 0 Å². The first-order valence-corrected chi connectivity index (χ1v) is 17.0. The Morgan fingerprint density at radius 2 is 0.918 bits per heavy atom. The normalized spacial score (nSPS) is 11.8. The Bertz CT molecular complexity index is 2650. The van der Waals surface area contributed by atoms with Gasteiger partial charge in [-0.15, -0.1) is 0 Å². The summed E-state index contributed by atoms with van der Waals surface area (Å²) < 4.78 is 0. The lowest BCUT2D eigenvalue weighted by atomic mass is 9.82. The maximum Gasteiger partial charge on any atom is 0.0794 e. The molecular weight excluding hydrogens is 591 g/mol. The zero-order chi connectivity index (χ0) is 32.5. The van der Waals surface area contributed by atoms with Gasteiger partial charge in [-0.1, -0.05) is 163 Å². The smallest absolute Gasteiger partial charge is 0.0794 e. The molecule has 1 aliphatic rings. The van der Waals surface area contributed by atoms with Crippen LogP contribution in [0.1, 0.15) is 5.56 Å². The summed E-state index contributed by atoms with van der Waals surface area (Å²) in [4.78, 5) is 5.40. The van der Waals surface area contributed by atoms with E-state index in [-0.39, 0.29) is 0 Å². The maximum atomic E-state index is 5.40. The number of pyridine rings is 1. The van der Waals surface area contributed by atoms with Crippen LogP contribution in [0.15, 0.2) is 170 Å². The van der Waals surface area contributed by atoms with Gasteiger partial charge in [-0.05, 0) is 90.7 Å². The lowest BCUT2D eigenvalue weighted by Crippen LogP contribution is -1.93. The van der Waals surface area contributed by atoms with E-state index in [4.69, 9.17) is 4.98 Å². The third-order valence-electron chi connectivity index (χ3n) is 10.3. The van der Waals surface area contributed by atoms with E-state index in [2.05, 4.69) is 177 Å². The van der Waals surface area contributed by atoms with Crippen LogP contribution in [0, 0.1) is 6.92 Å². The molecule has 0 fully saturated rings. The van der Waals surface area contributed by atoms with Crippen molar-refractivity contribution >= 4 is 32.4 Å². The van der Waals surface area contributed by atoms with Crippen LogP contribution in [-0.2, 0) is 0 Å². The van der Waals surface area contributed by atoms with Gasteiger partial charge in [-0.2, -0.15) is 0 Å². The Morgan fingerprint density at radius 3 is 1.59 bits per heavy atom. The zero-order valence-electron chi connectivity index (χ0n) is 27.1. The van der Waals surface area contributed by atoms with E-state index in [1.807, 2.05) is 0 Å². The van der Waals surface area contributed by atoms with Crippen molar-refractivity contribution in [2.45, 2.75) is 6.92 Å².